The average molecular weight is 267 g/mol. The van der Waals surface area contributed by atoms with Gasteiger partial charge in [-0.05, 0) is 26.7 Å². The second kappa shape index (κ2) is 5.54. The Balaban J connectivity index is 2.62. The minimum absolute atomic E-state index is 0.0406. The summed E-state index contributed by atoms with van der Waals surface area (Å²) >= 11 is 5.48. The quantitative estimate of drug-likeness (QED) is 0.632. The number of nitrogens with zero attached hydrogens (tertiary/aromatic N) is 1. The highest BCUT2D eigenvalue weighted by Gasteiger charge is 2.16. The molecule has 0 saturated carbocycles. The highest BCUT2D eigenvalue weighted by atomic mass is 35.5. The number of alkyl halides is 1. The van der Waals surface area contributed by atoms with Gasteiger partial charge in [-0.25, -0.2) is 8.42 Å². The molecular formula is C9H15ClN2O3S. The number of aromatic nitrogens is 1. The molecule has 1 aromatic heterocycles. The summed E-state index contributed by atoms with van der Waals surface area (Å²) in [5.74, 6) is 0.706. The Labute approximate surface area is 100 Å². The highest BCUT2D eigenvalue weighted by Crippen LogP contribution is 2.18. The molecule has 1 aromatic rings. The molecule has 0 saturated heterocycles. The fourth-order valence-corrected chi connectivity index (χ4v) is 2.44. The van der Waals surface area contributed by atoms with Crippen molar-refractivity contribution < 1.29 is 12.9 Å². The van der Waals surface area contributed by atoms with Gasteiger partial charge in [0, 0.05) is 11.4 Å². The molecule has 0 fully saturated rings. The standard InChI is InChI=1S/C9H15ClN2O3S/c1-7-8(2)11-15-9(7)12-16(13,14)6-4-3-5-10/h12H,3-6H2,1-2H3. The van der Waals surface area contributed by atoms with E-state index in [0.29, 0.717) is 30.0 Å². The van der Waals surface area contributed by atoms with Gasteiger partial charge in [0.15, 0.2) is 0 Å². The predicted molar refractivity (Wildman–Crippen MR) is 63.3 cm³/mol. The lowest BCUT2D eigenvalue weighted by molar-refractivity contribution is 0.430. The van der Waals surface area contributed by atoms with Gasteiger partial charge in [-0.2, -0.15) is 0 Å². The summed E-state index contributed by atoms with van der Waals surface area (Å²) in [7, 11) is -3.36. The largest absolute Gasteiger partial charge is 0.337 e. The second-order valence-corrected chi connectivity index (χ2v) is 5.76. The van der Waals surface area contributed by atoms with E-state index >= 15 is 0 Å². The zero-order valence-corrected chi connectivity index (χ0v) is 10.9. The Morgan fingerprint density at radius 1 is 1.38 bits per heavy atom. The Bertz CT molecular complexity index is 442. The molecule has 0 aliphatic carbocycles. The van der Waals surface area contributed by atoms with Crippen LogP contribution < -0.4 is 4.72 Å². The lowest BCUT2D eigenvalue weighted by atomic mass is 10.3. The van der Waals surface area contributed by atoms with Gasteiger partial charge in [-0.15, -0.1) is 11.6 Å². The van der Waals surface area contributed by atoms with Gasteiger partial charge in [-0.3, -0.25) is 4.72 Å². The summed E-state index contributed by atoms with van der Waals surface area (Å²) in [5, 5.41) is 3.67. The molecule has 1 heterocycles. The van der Waals surface area contributed by atoms with E-state index in [-0.39, 0.29) is 11.6 Å². The minimum atomic E-state index is -3.36. The first-order valence-corrected chi connectivity index (χ1v) is 7.14. The monoisotopic (exact) mass is 266 g/mol. The van der Waals surface area contributed by atoms with Crippen molar-refractivity contribution in [3.05, 3.63) is 11.3 Å². The number of rotatable bonds is 6. The molecule has 5 nitrogen and oxygen atoms in total. The number of aryl methyl sites for hydroxylation is 1. The maximum atomic E-state index is 11.6. The Morgan fingerprint density at radius 2 is 2.06 bits per heavy atom. The van der Waals surface area contributed by atoms with Crippen molar-refractivity contribution in [2.45, 2.75) is 26.7 Å². The van der Waals surface area contributed by atoms with Crippen LogP contribution in [0.15, 0.2) is 4.52 Å². The first kappa shape index (κ1) is 13.3. The molecule has 0 aliphatic rings. The Kier molecular flexibility index (Phi) is 4.61. The Hall–Kier alpha value is -0.750. The molecule has 7 heteroatoms. The summed E-state index contributed by atoms with van der Waals surface area (Å²) in [6, 6.07) is 0. The molecule has 1 N–H and O–H groups in total. The van der Waals surface area contributed by atoms with Gasteiger partial charge in [0.05, 0.1) is 11.4 Å². The molecule has 0 spiro atoms. The van der Waals surface area contributed by atoms with E-state index in [0.717, 1.165) is 0 Å². The van der Waals surface area contributed by atoms with Gasteiger partial charge in [0.25, 0.3) is 0 Å². The van der Waals surface area contributed by atoms with E-state index in [9.17, 15) is 8.42 Å². The van der Waals surface area contributed by atoms with Crippen molar-refractivity contribution >= 4 is 27.5 Å². The number of nitrogens with one attached hydrogen (secondary N) is 1. The normalized spacial score (nSPS) is 11.7. The van der Waals surface area contributed by atoms with Gasteiger partial charge in [0.1, 0.15) is 0 Å². The van der Waals surface area contributed by atoms with Gasteiger partial charge in [0.2, 0.25) is 15.9 Å². The molecule has 0 aromatic carbocycles. The summed E-state index contributed by atoms with van der Waals surface area (Å²) in [5.41, 5.74) is 1.39. The molecule has 1 rings (SSSR count). The van der Waals surface area contributed by atoms with Crippen molar-refractivity contribution in [1.29, 1.82) is 0 Å². The third-order valence-corrected chi connectivity index (χ3v) is 3.79. The molecular weight excluding hydrogens is 252 g/mol. The maximum Gasteiger partial charge on any atom is 0.241 e. The van der Waals surface area contributed by atoms with E-state index in [1.807, 2.05) is 0 Å². The molecule has 16 heavy (non-hydrogen) atoms. The van der Waals surface area contributed by atoms with Crippen LogP contribution in [0, 0.1) is 13.8 Å². The van der Waals surface area contributed by atoms with Crippen LogP contribution in [0.25, 0.3) is 0 Å². The number of halogens is 1. The zero-order valence-electron chi connectivity index (χ0n) is 9.29. The number of unbranched alkanes of at least 4 members (excludes halogenated alkanes) is 1. The highest BCUT2D eigenvalue weighted by molar-refractivity contribution is 7.92. The van der Waals surface area contributed by atoms with Crippen LogP contribution in [0.5, 0.6) is 0 Å². The van der Waals surface area contributed by atoms with E-state index in [1.165, 1.54) is 0 Å². The third-order valence-electron chi connectivity index (χ3n) is 2.20. The van der Waals surface area contributed by atoms with E-state index in [4.69, 9.17) is 16.1 Å². The van der Waals surface area contributed by atoms with Crippen LogP contribution >= 0.6 is 11.6 Å². The van der Waals surface area contributed by atoms with Gasteiger partial charge in [-0.1, -0.05) is 5.16 Å². The maximum absolute atomic E-state index is 11.6. The molecule has 92 valence electrons. The number of hydrogen-bond donors (Lipinski definition) is 1. The first-order valence-electron chi connectivity index (χ1n) is 4.95. The third kappa shape index (κ3) is 3.68. The topological polar surface area (TPSA) is 72.2 Å². The minimum Gasteiger partial charge on any atom is -0.337 e. The Morgan fingerprint density at radius 3 is 2.56 bits per heavy atom. The summed E-state index contributed by atoms with van der Waals surface area (Å²) in [4.78, 5) is 0. The fraction of sp³-hybridized carbons (Fsp3) is 0.667. The van der Waals surface area contributed by atoms with Crippen molar-refractivity contribution in [2.24, 2.45) is 0 Å². The fourth-order valence-electron chi connectivity index (χ4n) is 1.09. The molecule has 0 unspecified atom stereocenters. The lowest BCUT2D eigenvalue weighted by Crippen LogP contribution is -2.16. The zero-order chi connectivity index (χ0) is 12.2. The lowest BCUT2D eigenvalue weighted by Gasteiger charge is -2.04. The van der Waals surface area contributed by atoms with Gasteiger partial charge >= 0.3 is 0 Å². The van der Waals surface area contributed by atoms with Crippen molar-refractivity contribution in [3.8, 4) is 0 Å². The first-order chi connectivity index (χ1) is 7.46. The number of sulfonamides is 1. The second-order valence-electron chi connectivity index (χ2n) is 3.54. The number of hydrogen-bond acceptors (Lipinski definition) is 4. The van der Waals surface area contributed by atoms with Crippen molar-refractivity contribution in [3.63, 3.8) is 0 Å². The number of anilines is 1. The van der Waals surface area contributed by atoms with Crippen molar-refractivity contribution in [2.75, 3.05) is 16.4 Å². The van der Waals surface area contributed by atoms with Crippen LogP contribution in [0.4, 0.5) is 5.88 Å². The average Bonchev–Trinajstić information content (AvgIpc) is 2.49. The summed E-state index contributed by atoms with van der Waals surface area (Å²) in [6.07, 6.45) is 1.21. The van der Waals surface area contributed by atoms with Crippen LogP contribution in [-0.2, 0) is 10.0 Å². The van der Waals surface area contributed by atoms with E-state index < -0.39 is 10.0 Å². The van der Waals surface area contributed by atoms with E-state index in [1.54, 1.807) is 13.8 Å². The van der Waals surface area contributed by atoms with Crippen molar-refractivity contribution in [1.82, 2.24) is 5.16 Å². The van der Waals surface area contributed by atoms with Crippen LogP contribution in [-0.4, -0.2) is 25.2 Å². The molecule has 0 amide bonds. The summed E-state index contributed by atoms with van der Waals surface area (Å²) < 4.78 is 30.4. The SMILES string of the molecule is Cc1noc(NS(=O)(=O)CCCCCl)c1C. The smallest absolute Gasteiger partial charge is 0.241 e. The summed E-state index contributed by atoms with van der Waals surface area (Å²) in [6.45, 7) is 3.51. The van der Waals surface area contributed by atoms with Crippen LogP contribution in [0.3, 0.4) is 0 Å². The molecule has 0 aliphatic heterocycles. The molecule has 0 bridgehead atoms. The molecule has 0 atom stereocenters. The molecule has 0 radical (unpaired) electrons. The van der Waals surface area contributed by atoms with Gasteiger partial charge < -0.3 is 4.52 Å². The van der Waals surface area contributed by atoms with E-state index in [2.05, 4.69) is 9.88 Å². The van der Waals surface area contributed by atoms with Crippen LogP contribution in [0.1, 0.15) is 24.1 Å². The van der Waals surface area contributed by atoms with Crippen LogP contribution in [0.2, 0.25) is 0 Å². The predicted octanol–water partition coefficient (Wildman–Crippen LogP) is 2.05.